The fraction of sp³-hybridized carbons (Fsp3) is 0.292. The van der Waals surface area contributed by atoms with Gasteiger partial charge in [0, 0.05) is 28.9 Å². The maximum atomic E-state index is 12.3. The summed E-state index contributed by atoms with van der Waals surface area (Å²) in [6.07, 6.45) is 1.65. The molecular weight excluding hydrogens is 497 g/mol. The van der Waals surface area contributed by atoms with Gasteiger partial charge in [-0.15, -0.1) is 11.3 Å². The van der Waals surface area contributed by atoms with E-state index in [1.807, 2.05) is 30.5 Å². The number of carbonyl (C=O) groups excluding carboxylic acids is 2. The minimum absolute atomic E-state index is 0.0526. The third kappa shape index (κ3) is 5.81. The smallest absolute Gasteiger partial charge is 0.265 e. The molecule has 2 amide bonds. The standard InChI is InChI=1S/C24H23Cl2N3O4S/c1-2-9-29-19-11-15(5-7-21(19)33-13-23(29)31)18-14-34-24(27-18)28-22(30)4-3-10-32-20-8-6-16(25)12-17(20)26/h5-8,11-12,14H,2-4,9-10,13H2,1H3,(H,27,28,30). The van der Waals surface area contributed by atoms with Crippen LogP contribution in [0.15, 0.2) is 41.8 Å². The molecule has 0 bridgehead atoms. The topological polar surface area (TPSA) is 80.8 Å². The highest BCUT2D eigenvalue weighted by molar-refractivity contribution is 7.14. The van der Waals surface area contributed by atoms with Crippen molar-refractivity contribution in [1.82, 2.24) is 4.98 Å². The van der Waals surface area contributed by atoms with Crippen molar-refractivity contribution in [2.75, 3.05) is 30.0 Å². The van der Waals surface area contributed by atoms with Crippen molar-refractivity contribution in [2.24, 2.45) is 0 Å². The van der Waals surface area contributed by atoms with E-state index in [1.165, 1.54) is 11.3 Å². The average molecular weight is 520 g/mol. The van der Waals surface area contributed by atoms with Crippen molar-refractivity contribution in [3.63, 3.8) is 0 Å². The number of anilines is 2. The van der Waals surface area contributed by atoms with Crippen molar-refractivity contribution in [3.8, 4) is 22.8 Å². The summed E-state index contributed by atoms with van der Waals surface area (Å²) in [6.45, 7) is 3.06. The van der Waals surface area contributed by atoms with Gasteiger partial charge >= 0.3 is 0 Å². The first kappa shape index (κ1) is 24.3. The molecule has 34 heavy (non-hydrogen) atoms. The Morgan fingerprint density at radius 2 is 2.12 bits per heavy atom. The minimum Gasteiger partial charge on any atom is -0.492 e. The van der Waals surface area contributed by atoms with Crippen molar-refractivity contribution in [3.05, 3.63) is 51.8 Å². The molecule has 3 aromatic rings. The summed E-state index contributed by atoms with van der Waals surface area (Å²) in [5, 5.41) is 6.18. The third-order valence-electron chi connectivity index (χ3n) is 5.10. The zero-order valence-electron chi connectivity index (χ0n) is 18.5. The van der Waals surface area contributed by atoms with Gasteiger partial charge in [0.15, 0.2) is 11.7 Å². The first-order chi connectivity index (χ1) is 16.4. The lowest BCUT2D eigenvalue weighted by Gasteiger charge is -2.29. The summed E-state index contributed by atoms with van der Waals surface area (Å²) in [4.78, 5) is 30.9. The number of hydrogen-bond donors (Lipinski definition) is 1. The van der Waals surface area contributed by atoms with Crippen molar-refractivity contribution in [1.29, 1.82) is 0 Å². The van der Waals surface area contributed by atoms with E-state index < -0.39 is 0 Å². The number of thiazole rings is 1. The summed E-state index contributed by atoms with van der Waals surface area (Å²) in [7, 11) is 0. The lowest BCUT2D eigenvalue weighted by atomic mass is 10.1. The Morgan fingerprint density at radius 3 is 2.91 bits per heavy atom. The van der Waals surface area contributed by atoms with Gasteiger partial charge in [-0.2, -0.15) is 0 Å². The molecular formula is C24H23Cl2N3O4S. The number of nitrogens with one attached hydrogen (secondary N) is 1. The molecule has 0 fully saturated rings. The molecule has 1 aliphatic heterocycles. The molecule has 1 aliphatic rings. The molecule has 4 rings (SSSR count). The van der Waals surface area contributed by atoms with Gasteiger partial charge in [-0.3, -0.25) is 9.59 Å². The van der Waals surface area contributed by atoms with Crippen LogP contribution < -0.4 is 19.7 Å². The molecule has 0 aliphatic carbocycles. The predicted molar refractivity (Wildman–Crippen MR) is 136 cm³/mol. The number of hydrogen-bond acceptors (Lipinski definition) is 6. The molecule has 2 heterocycles. The minimum atomic E-state index is -0.148. The number of halogens is 2. The van der Waals surface area contributed by atoms with Crippen LogP contribution in [0.25, 0.3) is 11.3 Å². The Hall–Kier alpha value is -2.81. The van der Waals surface area contributed by atoms with Gasteiger partial charge in [0.2, 0.25) is 5.91 Å². The maximum Gasteiger partial charge on any atom is 0.265 e. The second-order valence-corrected chi connectivity index (χ2v) is 9.33. The quantitative estimate of drug-likeness (QED) is 0.348. The molecule has 0 saturated heterocycles. The average Bonchev–Trinajstić information content (AvgIpc) is 3.28. The van der Waals surface area contributed by atoms with Crippen LogP contribution in [0.3, 0.4) is 0 Å². The highest BCUT2D eigenvalue weighted by Gasteiger charge is 2.25. The first-order valence-corrected chi connectivity index (χ1v) is 12.5. The molecule has 0 unspecified atom stereocenters. The highest BCUT2D eigenvalue weighted by Crippen LogP contribution is 2.37. The Balaban J connectivity index is 1.33. The number of aromatic nitrogens is 1. The Morgan fingerprint density at radius 1 is 1.26 bits per heavy atom. The van der Waals surface area contributed by atoms with Gasteiger partial charge in [-0.25, -0.2) is 4.98 Å². The van der Waals surface area contributed by atoms with Gasteiger partial charge < -0.3 is 19.7 Å². The van der Waals surface area contributed by atoms with Crippen LogP contribution in [-0.4, -0.2) is 36.6 Å². The number of benzene rings is 2. The summed E-state index contributed by atoms with van der Waals surface area (Å²) in [5.41, 5.74) is 2.32. The Bertz CT molecular complexity index is 1200. The second kappa shape index (κ2) is 11.1. The molecule has 7 nitrogen and oxygen atoms in total. The van der Waals surface area contributed by atoms with E-state index in [1.54, 1.807) is 23.1 Å². The fourth-order valence-electron chi connectivity index (χ4n) is 3.48. The summed E-state index contributed by atoms with van der Waals surface area (Å²) < 4.78 is 11.2. The van der Waals surface area contributed by atoms with Crippen molar-refractivity contribution >= 4 is 57.2 Å². The van der Waals surface area contributed by atoms with E-state index in [9.17, 15) is 9.59 Å². The zero-order chi connectivity index (χ0) is 24.1. The lowest BCUT2D eigenvalue weighted by molar-refractivity contribution is -0.121. The lowest BCUT2D eigenvalue weighted by Crippen LogP contribution is -2.39. The van der Waals surface area contributed by atoms with E-state index in [-0.39, 0.29) is 24.8 Å². The number of nitrogens with zero attached hydrogens (tertiary/aromatic N) is 2. The molecule has 0 radical (unpaired) electrons. The largest absolute Gasteiger partial charge is 0.492 e. The molecule has 0 atom stereocenters. The molecule has 1 N–H and O–H groups in total. The molecule has 2 aromatic carbocycles. The van der Waals surface area contributed by atoms with Crippen LogP contribution in [0, 0.1) is 0 Å². The van der Waals surface area contributed by atoms with Gasteiger partial charge in [0.1, 0.15) is 11.5 Å². The van der Waals surface area contributed by atoms with Gasteiger partial charge in [0.25, 0.3) is 5.91 Å². The normalized spacial score (nSPS) is 12.8. The predicted octanol–water partition coefficient (Wildman–Crippen LogP) is 6.05. The summed E-state index contributed by atoms with van der Waals surface area (Å²) in [6, 6.07) is 10.7. The number of ether oxygens (including phenoxy) is 2. The van der Waals surface area contributed by atoms with Crippen LogP contribution in [0.5, 0.6) is 11.5 Å². The maximum absolute atomic E-state index is 12.3. The van der Waals surface area contributed by atoms with Crippen molar-refractivity contribution in [2.45, 2.75) is 26.2 Å². The van der Waals surface area contributed by atoms with E-state index in [0.29, 0.717) is 46.2 Å². The van der Waals surface area contributed by atoms with E-state index in [4.69, 9.17) is 32.7 Å². The molecule has 0 saturated carbocycles. The first-order valence-electron chi connectivity index (χ1n) is 10.9. The van der Waals surface area contributed by atoms with Gasteiger partial charge in [0.05, 0.1) is 23.0 Å². The Kier molecular flexibility index (Phi) is 7.92. The SMILES string of the molecule is CCCN1C(=O)COc2ccc(-c3csc(NC(=O)CCCOc4ccc(Cl)cc4Cl)n3)cc21. The van der Waals surface area contributed by atoms with E-state index in [2.05, 4.69) is 10.3 Å². The monoisotopic (exact) mass is 519 g/mol. The third-order valence-corrected chi connectivity index (χ3v) is 6.38. The van der Waals surface area contributed by atoms with Crippen LogP contribution in [-0.2, 0) is 9.59 Å². The zero-order valence-corrected chi connectivity index (χ0v) is 20.8. The number of rotatable bonds is 9. The van der Waals surface area contributed by atoms with Crippen LogP contribution in [0.2, 0.25) is 10.0 Å². The summed E-state index contributed by atoms with van der Waals surface area (Å²) >= 11 is 13.3. The summed E-state index contributed by atoms with van der Waals surface area (Å²) in [5.74, 6) is 1.01. The molecule has 1 aromatic heterocycles. The molecule has 178 valence electrons. The molecule has 0 spiro atoms. The number of fused-ring (bicyclic) bond motifs is 1. The van der Waals surface area contributed by atoms with Crippen LogP contribution in [0.4, 0.5) is 10.8 Å². The second-order valence-electron chi connectivity index (χ2n) is 7.63. The van der Waals surface area contributed by atoms with Crippen molar-refractivity contribution < 1.29 is 19.1 Å². The highest BCUT2D eigenvalue weighted by atomic mass is 35.5. The number of amides is 2. The van der Waals surface area contributed by atoms with Crippen LogP contribution >= 0.6 is 34.5 Å². The number of carbonyl (C=O) groups is 2. The van der Waals surface area contributed by atoms with E-state index in [0.717, 1.165) is 23.4 Å². The van der Waals surface area contributed by atoms with E-state index >= 15 is 0 Å². The Labute approximate surface area is 211 Å². The van der Waals surface area contributed by atoms with Gasteiger partial charge in [-0.05, 0) is 49.2 Å². The van der Waals surface area contributed by atoms with Crippen LogP contribution in [0.1, 0.15) is 26.2 Å². The fourth-order valence-corrected chi connectivity index (χ4v) is 4.68. The molecule has 10 heteroatoms. The van der Waals surface area contributed by atoms with Gasteiger partial charge in [-0.1, -0.05) is 30.1 Å².